The maximum Gasteiger partial charge on any atom is 0.573 e. The van der Waals surface area contributed by atoms with E-state index in [-0.39, 0.29) is 17.6 Å². The molecule has 102 valence electrons. The molecule has 0 saturated heterocycles. The minimum absolute atomic E-state index is 0.116. The Labute approximate surface area is 107 Å². The number of nitrogens with zero attached hydrogens (tertiary/aromatic N) is 2. The fourth-order valence-corrected chi connectivity index (χ4v) is 1.39. The lowest BCUT2D eigenvalue weighted by Gasteiger charge is -2.08. The smallest absolute Gasteiger partial charge is 0.406 e. The van der Waals surface area contributed by atoms with Crippen LogP contribution in [0.5, 0.6) is 5.75 Å². The second-order valence-electron chi connectivity index (χ2n) is 4.18. The van der Waals surface area contributed by atoms with Crippen LogP contribution in [-0.4, -0.2) is 16.5 Å². The van der Waals surface area contributed by atoms with Crippen molar-refractivity contribution in [1.29, 1.82) is 0 Å². The summed E-state index contributed by atoms with van der Waals surface area (Å²) in [6, 6.07) is 5.25. The van der Waals surface area contributed by atoms with Crippen molar-refractivity contribution < 1.29 is 22.4 Å². The van der Waals surface area contributed by atoms with E-state index in [0.717, 1.165) is 0 Å². The second kappa shape index (κ2) is 4.91. The van der Waals surface area contributed by atoms with E-state index in [1.165, 1.54) is 24.3 Å². The molecule has 0 aliphatic carbocycles. The summed E-state index contributed by atoms with van der Waals surface area (Å²) in [5, 5.41) is 3.78. The van der Waals surface area contributed by atoms with Gasteiger partial charge in [-0.2, -0.15) is 4.98 Å². The highest BCUT2D eigenvalue weighted by Crippen LogP contribution is 2.26. The summed E-state index contributed by atoms with van der Waals surface area (Å²) in [5.41, 5.74) is 0.536. The summed E-state index contributed by atoms with van der Waals surface area (Å²) < 4.78 is 44.8. The van der Waals surface area contributed by atoms with Gasteiger partial charge in [-0.15, -0.1) is 13.2 Å². The van der Waals surface area contributed by atoms with Crippen molar-refractivity contribution in [2.75, 3.05) is 0 Å². The number of hydrogen-bond acceptors (Lipinski definition) is 4. The lowest BCUT2D eigenvalue weighted by Crippen LogP contribution is -2.16. The van der Waals surface area contributed by atoms with Gasteiger partial charge in [0.15, 0.2) is 5.82 Å². The number of aromatic nitrogens is 2. The van der Waals surface area contributed by atoms with E-state index >= 15 is 0 Å². The summed E-state index contributed by atoms with van der Waals surface area (Å²) in [6.45, 7) is 3.82. The largest absolute Gasteiger partial charge is 0.573 e. The molecule has 0 atom stereocenters. The Kier molecular flexibility index (Phi) is 3.46. The molecule has 0 fully saturated rings. The first-order chi connectivity index (χ1) is 8.85. The molecule has 0 aliphatic rings. The van der Waals surface area contributed by atoms with Crippen LogP contribution in [0.25, 0.3) is 11.5 Å². The van der Waals surface area contributed by atoms with Gasteiger partial charge in [-0.25, -0.2) is 0 Å². The van der Waals surface area contributed by atoms with Crippen molar-refractivity contribution in [1.82, 2.24) is 10.1 Å². The first kappa shape index (κ1) is 13.4. The molecule has 0 bridgehead atoms. The lowest BCUT2D eigenvalue weighted by molar-refractivity contribution is -0.274. The Hall–Kier alpha value is -2.05. The van der Waals surface area contributed by atoms with Gasteiger partial charge < -0.3 is 9.26 Å². The molecule has 0 saturated carbocycles. The Balaban J connectivity index is 2.17. The summed E-state index contributed by atoms with van der Waals surface area (Å²) in [4.78, 5) is 4.14. The molecular weight excluding hydrogens is 261 g/mol. The molecule has 2 rings (SSSR count). The Morgan fingerprint density at radius 3 is 2.26 bits per heavy atom. The molecule has 0 spiro atoms. The first-order valence-electron chi connectivity index (χ1n) is 5.55. The van der Waals surface area contributed by atoms with Crippen LogP contribution in [-0.2, 0) is 0 Å². The summed E-state index contributed by atoms with van der Waals surface area (Å²) in [5.74, 6) is 0.637. The van der Waals surface area contributed by atoms with Crippen LogP contribution >= 0.6 is 0 Å². The van der Waals surface area contributed by atoms with Crippen LogP contribution in [0.3, 0.4) is 0 Å². The molecule has 0 N–H and O–H groups in total. The maximum atomic E-state index is 12.0. The van der Waals surface area contributed by atoms with Crippen molar-refractivity contribution in [3.63, 3.8) is 0 Å². The molecule has 0 radical (unpaired) electrons. The van der Waals surface area contributed by atoms with Gasteiger partial charge in [-0.1, -0.05) is 19.0 Å². The minimum Gasteiger partial charge on any atom is -0.406 e. The summed E-state index contributed by atoms with van der Waals surface area (Å²) in [7, 11) is 0. The van der Waals surface area contributed by atoms with Gasteiger partial charge in [0.05, 0.1) is 0 Å². The fourth-order valence-electron chi connectivity index (χ4n) is 1.39. The molecule has 1 aromatic carbocycles. The molecule has 1 aromatic heterocycles. The van der Waals surface area contributed by atoms with Crippen molar-refractivity contribution >= 4 is 0 Å². The van der Waals surface area contributed by atoms with Crippen molar-refractivity contribution in [2.45, 2.75) is 26.1 Å². The van der Waals surface area contributed by atoms with Crippen LogP contribution < -0.4 is 4.74 Å². The number of rotatable bonds is 3. The van der Waals surface area contributed by atoms with Crippen molar-refractivity contribution in [3.05, 3.63) is 30.1 Å². The fraction of sp³-hybridized carbons (Fsp3) is 0.333. The van der Waals surface area contributed by atoms with Gasteiger partial charge in [-0.05, 0) is 24.3 Å². The topological polar surface area (TPSA) is 48.2 Å². The van der Waals surface area contributed by atoms with Gasteiger partial charge in [0, 0.05) is 11.5 Å². The second-order valence-corrected chi connectivity index (χ2v) is 4.18. The van der Waals surface area contributed by atoms with Gasteiger partial charge in [-0.3, -0.25) is 0 Å². The van der Waals surface area contributed by atoms with E-state index < -0.39 is 6.36 Å². The average molecular weight is 272 g/mol. The third kappa shape index (κ3) is 3.46. The zero-order chi connectivity index (χ0) is 14.0. The Bertz CT molecular complexity index is 547. The highest BCUT2D eigenvalue weighted by molar-refractivity contribution is 5.54. The molecule has 1 heterocycles. The third-order valence-corrected chi connectivity index (χ3v) is 2.29. The van der Waals surface area contributed by atoms with Gasteiger partial charge in [0.2, 0.25) is 0 Å². The van der Waals surface area contributed by atoms with Crippen LogP contribution in [0.15, 0.2) is 28.8 Å². The maximum absolute atomic E-state index is 12.0. The first-order valence-corrected chi connectivity index (χ1v) is 5.55. The van der Waals surface area contributed by atoms with Crippen LogP contribution in [0, 0.1) is 0 Å². The number of hydrogen-bond donors (Lipinski definition) is 0. The van der Waals surface area contributed by atoms with Crippen LogP contribution in [0.1, 0.15) is 25.6 Å². The highest BCUT2D eigenvalue weighted by Gasteiger charge is 2.31. The SMILES string of the molecule is CC(C)c1noc(-c2ccc(OC(F)(F)F)cc2)n1. The lowest BCUT2D eigenvalue weighted by atomic mass is 10.2. The Morgan fingerprint density at radius 1 is 1.16 bits per heavy atom. The van der Waals surface area contributed by atoms with E-state index in [9.17, 15) is 13.2 Å². The van der Waals surface area contributed by atoms with Gasteiger partial charge >= 0.3 is 6.36 Å². The predicted octanol–water partition coefficient (Wildman–Crippen LogP) is 3.76. The van der Waals surface area contributed by atoms with Gasteiger partial charge in [0.1, 0.15) is 5.75 Å². The standard InChI is InChI=1S/C12H11F3N2O2/c1-7(2)10-16-11(19-17-10)8-3-5-9(6-4-8)18-12(13,14)15/h3-7H,1-2H3. The number of alkyl halides is 3. The van der Waals surface area contributed by atoms with Crippen LogP contribution in [0.4, 0.5) is 13.2 Å². The molecular formula is C12H11F3N2O2. The molecule has 2 aromatic rings. The molecule has 0 unspecified atom stereocenters. The number of ether oxygens (including phenoxy) is 1. The summed E-state index contributed by atoms with van der Waals surface area (Å²) in [6.07, 6.45) is -4.70. The molecule has 0 amide bonds. The van der Waals surface area contributed by atoms with Crippen molar-refractivity contribution in [3.8, 4) is 17.2 Å². The molecule has 7 heteroatoms. The monoisotopic (exact) mass is 272 g/mol. The quantitative estimate of drug-likeness (QED) is 0.853. The molecule has 0 aliphatic heterocycles. The number of benzene rings is 1. The average Bonchev–Trinajstić information content (AvgIpc) is 2.77. The highest BCUT2D eigenvalue weighted by atomic mass is 19.4. The van der Waals surface area contributed by atoms with E-state index in [0.29, 0.717) is 11.4 Å². The van der Waals surface area contributed by atoms with E-state index in [1.54, 1.807) is 0 Å². The summed E-state index contributed by atoms with van der Waals surface area (Å²) >= 11 is 0. The van der Waals surface area contributed by atoms with Crippen LogP contribution in [0.2, 0.25) is 0 Å². The van der Waals surface area contributed by atoms with Gasteiger partial charge in [0.25, 0.3) is 5.89 Å². The van der Waals surface area contributed by atoms with E-state index in [4.69, 9.17) is 4.52 Å². The van der Waals surface area contributed by atoms with E-state index in [1.807, 2.05) is 13.8 Å². The third-order valence-electron chi connectivity index (χ3n) is 2.29. The minimum atomic E-state index is -4.70. The zero-order valence-electron chi connectivity index (χ0n) is 10.2. The molecule has 19 heavy (non-hydrogen) atoms. The van der Waals surface area contributed by atoms with E-state index in [2.05, 4.69) is 14.9 Å². The number of halogens is 3. The normalized spacial score (nSPS) is 11.9. The molecule has 4 nitrogen and oxygen atoms in total. The van der Waals surface area contributed by atoms with Crippen molar-refractivity contribution in [2.24, 2.45) is 0 Å². The predicted molar refractivity (Wildman–Crippen MR) is 60.5 cm³/mol. The Morgan fingerprint density at radius 2 is 1.79 bits per heavy atom. The zero-order valence-corrected chi connectivity index (χ0v) is 10.2.